The van der Waals surface area contributed by atoms with Crippen molar-refractivity contribution in [2.24, 2.45) is 0 Å². The molecule has 1 aliphatic carbocycles. The summed E-state index contributed by atoms with van der Waals surface area (Å²) >= 11 is 0. The molecule has 1 N–H and O–H groups in total. The molecule has 2 heteroatoms. The maximum atomic E-state index is 10.5. The predicted molar refractivity (Wildman–Crippen MR) is 76.9 cm³/mol. The summed E-state index contributed by atoms with van der Waals surface area (Å²) in [5.74, 6) is 0. The zero-order valence-electron chi connectivity index (χ0n) is 11.4. The standard InChI is InChI=1S/C16H23NO/c1-17(2)15-11-7-10-14(12-15)16(18)13-8-5-3-4-6-9-13/h7-8,10-12,16,18H,3-6,9H2,1-2H3. The Labute approximate surface area is 110 Å². The van der Waals surface area contributed by atoms with Crippen LogP contribution in [0.1, 0.15) is 43.8 Å². The fourth-order valence-corrected chi connectivity index (χ4v) is 2.48. The third-order valence-corrected chi connectivity index (χ3v) is 3.63. The van der Waals surface area contributed by atoms with E-state index in [0.717, 1.165) is 24.1 Å². The van der Waals surface area contributed by atoms with Gasteiger partial charge in [-0.25, -0.2) is 0 Å². The van der Waals surface area contributed by atoms with Crippen molar-refractivity contribution >= 4 is 5.69 Å². The molecule has 0 amide bonds. The molecule has 0 fully saturated rings. The Hall–Kier alpha value is -1.28. The van der Waals surface area contributed by atoms with Gasteiger partial charge in [-0.2, -0.15) is 0 Å². The minimum absolute atomic E-state index is 0.428. The molecule has 18 heavy (non-hydrogen) atoms. The molecule has 0 saturated heterocycles. The molecule has 1 unspecified atom stereocenters. The van der Waals surface area contributed by atoms with Gasteiger partial charge in [0.15, 0.2) is 0 Å². The Morgan fingerprint density at radius 3 is 2.78 bits per heavy atom. The highest BCUT2D eigenvalue weighted by atomic mass is 16.3. The lowest BCUT2D eigenvalue weighted by Gasteiger charge is -2.18. The van der Waals surface area contributed by atoms with Crippen molar-refractivity contribution in [1.29, 1.82) is 0 Å². The highest BCUT2D eigenvalue weighted by molar-refractivity contribution is 5.48. The highest BCUT2D eigenvalue weighted by Crippen LogP contribution is 2.30. The monoisotopic (exact) mass is 245 g/mol. The first-order valence-electron chi connectivity index (χ1n) is 6.83. The third-order valence-electron chi connectivity index (χ3n) is 3.63. The Morgan fingerprint density at radius 1 is 1.17 bits per heavy atom. The molecule has 0 radical (unpaired) electrons. The summed E-state index contributed by atoms with van der Waals surface area (Å²) in [5.41, 5.74) is 3.35. The molecule has 0 aliphatic heterocycles. The fourth-order valence-electron chi connectivity index (χ4n) is 2.48. The maximum absolute atomic E-state index is 10.5. The number of hydrogen-bond donors (Lipinski definition) is 1. The second-order valence-corrected chi connectivity index (χ2v) is 5.27. The third kappa shape index (κ3) is 3.14. The van der Waals surface area contributed by atoms with Crippen LogP contribution in [0, 0.1) is 0 Å². The number of allylic oxidation sites excluding steroid dienone is 1. The van der Waals surface area contributed by atoms with Crippen molar-refractivity contribution in [2.45, 2.75) is 38.2 Å². The molecule has 2 nitrogen and oxygen atoms in total. The van der Waals surface area contributed by atoms with Crippen LogP contribution in [0.2, 0.25) is 0 Å². The Balaban J connectivity index is 2.19. The van der Waals surface area contributed by atoms with Gasteiger partial charge in [-0.1, -0.05) is 24.6 Å². The topological polar surface area (TPSA) is 23.5 Å². The van der Waals surface area contributed by atoms with E-state index in [1.54, 1.807) is 0 Å². The van der Waals surface area contributed by atoms with Gasteiger partial charge in [-0.05, 0) is 49.0 Å². The molecule has 1 aromatic rings. The lowest BCUT2D eigenvalue weighted by molar-refractivity contribution is 0.210. The van der Waals surface area contributed by atoms with Gasteiger partial charge in [-0.3, -0.25) is 0 Å². The van der Waals surface area contributed by atoms with E-state index in [1.165, 1.54) is 24.8 Å². The van der Waals surface area contributed by atoms with Crippen LogP contribution < -0.4 is 4.90 Å². The second kappa shape index (κ2) is 6.05. The molecule has 98 valence electrons. The number of benzene rings is 1. The van der Waals surface area contributed by atoms with Crippen molar-refractivity contribution < 1.29 is 5.11 Å². The largest absolute Gasteiger partial charge is 0.384 e. The summed E-state index contributed by atoms with van der Waals surface area (Å²) in [6.07, 6.45) is 7.70. The van der Waals surface area contributed by atoms with Crippen molar-refractivity contribution in [3.63, 3.8) is 0 Å². The van der Waals surface area contributed by atoms with Crippen LogP contribution in [0.4, 0.5) is 5.69 Å². The minimum Gasteiger partial charge on any atom is -0.384 e. The van der Waals surface area contributed by atoms with E-state index in [-0.39, 0.29) is 0 Å². The summed E-state index contributed by atoms with van der Waals surface area (Å²) in [6, 6.07) is 8.18. The first-order chi connectivity index (χ1) is 8.68. The summed E-state index contributed by atoms with van der Waals surface area (Å²) in [6.45, 7) is 0. The molecule has 0 aromatic heterocycles. The zero-order chi connectivity index (χ0) is 13.0. The first-order valence-corrected chi connectivity index (χ1v) is 6.83. The lowest BCUT2D eigenvalue weighted by atomic mass is 9.97. The number of anilines is 1. The van der Waals surface area contributed by atoms with E-state index in [2.05, 4.69) is 23.1 Å². The quantitative estimate of drug-likeness (QED) is 0.821. The SMILES string of the molecule is CN(C)c1cccc(C(O)C2=CCCCCC2)c1. The summed E-state index contributed by atoms with van der Waals surface area (Å²) in [7, 11) is 4.05. The fraction of sp³-hybridized carbons (Fsp3) is 0.500. The van der Waals surface area contributed by atoms with Crippen LogP contribution in [-0.2, 0) is 0 Å². The normalized spacial score (nSPS) is 17.8. The maximum Gasteiger partial charge on any atom is 0.100 e. The molecular formula is C16H23NO. The summed E-state index contributed by atoms with van der Waals surface area (Å²) in [4.78, 5) is 2.07. The van der Waals surface area contributed by atoms with Crippen LogP contribution in [-0.4, -0.2) is 19.2 Å². The Morgan fingerprint density at radius 2 is 2.00 bits per heavy atom. The van der Waals surface area contributed by atoms with E-state index in [4.69, 9.17) is 0 Å². The van der Waals surface area contributed by atoms with Crippen molar-refractivity contribution in [2.75, 3.05) is 19.0 Å². The van der Waals surface area contributed by atoms with Crippen LogP contribution in [0.5, 0.6) is 0 Å². The summed E-state index contributed by atoms with van der Waals surface area (Å²) < 4.78 is 0. The van der Waals surface area contributed by atoms with Gasteiger partial charge in [0.1, 0.15) is 6.10 Å². The average molecular weight is 245 g/mol. The second-order valence-electron chi connectivity index (χ2n) is 5.27. The molecule has 1 aromatic carbocycles. The van der Waals surface area contributed by atoms with Gasteiger partial charge < -0.3 is 10.0 Å². The van der Waals surface area contributed by atoms with Gasteiger partial charge in [0.05, 0.1) is 0 Å². The molecular weight excluding hydrogens is 222 g/mol. The van der Waals surface area contributed by atoms with Crippen molar-refractivity contribution in [3.8, 4) is 0 Å². The van der Waals surface area contributed by atoms with Gasteiger partial charge in [0.25, 0.3) is 0 Å². The molecule has 0 bridgehead atoms. The van der Waals surface area contributed by atoms with E-state index >= 15 is 0 Å². The van der Waals surface area contributed by atoms with Crippen LogP contribution in [0.15, 0.2) is 35.9 Å². The number of hydrogen-bond acceptors (Lipinski definition) is 2. The van der Waals surface area contributed by atoms with Crippen molar-refractivity contribution in [1.82, 2.24) is 0 Å². The zero-order valence-corrected chi connectivity index (χ0v) is 11.4. The number of aliphatic hydroxyl groups is 1. The van der Waals surface area contributed by atoms with Crippen LogP contribution in [0.25, 0.3) is 0 Å². The highest BCUT2D eigenvalue weighted by Gasteiger charge is 2.15. The number of nitrogens with zero attached hydrogens (tertiary/aromatic N) is 1. The predicted octanol–water partition coefficient (Wildman–Crippen LogP) is 3.68. The molecule has 0 spiro atoms. The van der Waals surface area contributed by atoms with Crippen LogP contribution in [0.3, 0.4) is 0 Å². The molecule has 0 heterocycles. The Kier molecular flexibility index (Phi) is 4.43. The van der Waals surface area contributed by atoms with E-state index < -0.39 is 6.10 Å². The number of aliphatic hydroxyl groups excluding tert-OH is 1. The van der Waals surface area contributed by atoms with E-state index in [1.807, 2.05) is 26.2 Å². The van der Waals surface area contributed by atoms with E-state index in [9.17, 15) is 5.11 Å². The minimum atomic E-state index is -0.428. The number of rotatable bonds is 3. The van der Waals surface area contributed by atoms with E-state index in [0.29, 0.717) is 0 Å². The Bertz CT molecular complexity index is 423. The van der Waals surface area contributed by atoms with Crippen LogP contribution >= 0.6 is 0 Å². The van der Waals surface area contributed by atoms with Gasteiger partial charge in [-0.15, -0.1) is 0 Å². The summed E-state index contributed by atoms with van der Waals surface area (Å²) in [5, 5.41) is 10.5. The van der Waals surface area contributed by atoms with Crippen molar-refractivity contribution in [3.05, 3.63) is 41.5 Å². The smallest absolute Gasteiger partial charge is 0.100 e. The average Bonchev–Trinajstić information content (AvgIpc) is 2.67. The molecule has 2 rings (SSSR count). The van der Waals surface area contributed by atoms with Gasteiger partial charge in [0, 0.05) is 19.8 Å². The molecule has 1 atom stereocenters. The van der Waals surface area contributed by atoms with Gasteiger partial charge in [0.2, 0.25) is 0 Å². The first kappa shape index (κ1) is 13.2. The van der Waals surface area contributed by atoms with Gasteiger partial charge >= 0.3 is 0 Å². The molecule has 1 aliphatic rings. The lowest BCUT2D eigenvalue weighted by Crippen LogP contribution is -2.10. The molecule has 0 saturated carbocycles.